The average molecular weight is 316 g/mol. The number of fused-ring (bicyclic) bond motifs is 1. The number of allylic oxidation sites excluding steroid dienone is 2. The lowest BCUT2D eigenvalue weighted by Crippen LogP contribution is -2.93. The van der Waals surface area contributed by atoms with Crippen molar-refractivity contribution in [1.82, 2.24) is 0 Å². The van der Waals surface area contributed by atoms with Gasteiger partial charge in [0.25, 0.3) is 0 Å². The lowest BCUT2D eigenvalue weighted by molar-refractivity contribution is -0.686. The summed E-state index contributed by atoms with van der Waals surface area (Å²) in [5, 5.41) is 2.23. The molecule has 2 aliphatic carbocycles. The number of nitrogens with two attached hydrogens (primary N) is 1. The van der Waals surface area contributed by atoms with Gasteiger partial charge in [0.1, 0.15) is 0 Å². The molecule has 2 heteroatoms. The molecule has 0 aromatic carbocycles. The maximum absolute atomic E-state index is 6.08. The smallest absolute Gasteiger partial charge is 0.0818 e. The minimum atomic E-state index is 0.222. The highest BCUT2D eigenvalue weighted by atomic mass is 16.5. The fourth-order valence-corrected chi connectivity index (χ4v) is 4.98. The molecule has 2 N–H and O–H groups in total. The van der Waals surface area contributed by atoms with Gasteiger partial charge < -0.3 is 10.1 Å². The zero-order valence-corrected chi connectivity index (χ0v) is 15.1. The van der Waals surface area contributed by atoms with Crippen LogP contribution in [-0.2, 0) is 4.74 Å². The van der Waals surface area contributed by atoms with E-state index in [9.17, 15) is 0 Å². The van der Waals surface area contributed by atoms with E-state index in [1.54, 1.807) is 5.57 Å². The normalized spacial score (nSPS) is 40.9. The van der Waals surface area contributed by atoms with Gasteiger partial charge in [-0.2, -0.15) is 7.05 Å². The largest absolute Gasteiger partial charge is 0.474 e. The van der Waals surface area contributed by atoms with E-state index in [4.69, 9.17) is 4.74 Å². The maximum atomic E-state index is 6.08. The monoisotopic (exact) mass is 315 g/mol. The van der Waals surface area contributed by atoms with Gasteiger partial charge in [0.2, 0.25) is 0 Å². The molecule has 0 spiro atoms. The van der Waals surface area contributed by atoms with Crippen LogP contribution in [0.25, 0.3) is 0 Å². The zero-order chi connectivity index (χ0) is 16.6. The number of hydrogen-bond acceptors (Lipinski definition) is 1. The van der Waals surface area contributed by atoms with Crippen LogP contribution in [0.15, 0.2) is 35.5 Å². The molecule has 0 saturated heterocycles. The molecule has 1 unspecified atom stereocenters. The minimum Gasteiger partial charge on any atom is -0.474 e. The first kappa shape index (κ1) is 17.0. The topological polar surface area (TPSA) is 25.8 Å². The summed E-state index contributed by atoms with van der Waals surface area (Å²) in [6, 6.07) is 0. The van der Waals surface area contributed by atoms with Crippen molar-refractivity contribution in [1.29, 1.82) is 0 Å². The quantitative estimate of drug-likeness (QED) is 0.622. The highest BCUT2D eigenvalue weighted by Crippen LogP contribution is 2.49. The average Bonchev–Trinajstić information content (AvgIpc) is 2.55. The van der Waals surface area contributed by atoms with E-state index in [-0.39, 0.29) is 6.10 Å². The summed E-state index contributed by atoms with van der Waals surface area (Å²) in [6.45, 7) is 11.6. The second-order valence-corrected chi connectivity index (χ2v) is 8.25. The summed E-state index contributed by atoms with van der Waals surface area (Å²) < 4.78 is 6.08. The fraction of sp³-hybridized carbons (Fsp3) is 0.667. The van der Waals surface area contributed by atoms with Crippen LogP contribution in [0, 0.1) is 24.8 Å². The molecule has 0 bridgehead atoms. The van der Waals surface area contributed by atoms with Gasteiger partial charge in [0, 0.05) is 12.3 Å². The first-order valence-electron chi connectivity index (χ1n) is 9.21. The third-order valence-electron chi connectivity index (χ3n) is 6.63. The van der Waals surface area contributed by atoms with Crippen molar-refractivity contribution in [3.05, 3.63) is 42.5 Å². The molecule has 1 fully saturated rings. The predicted molar refractivity (Wildman–Crippen MR) is 95.6 cm³/mol. The van der Waals surface area contributed by atoms with Crippen LogP contribution in [0.3, 0.4) is 0 Å². The van der Waals surface area contributed by atoms with Crippen LogP contribution in [0.5, 0.6) is 0 Å². The zero-order valence-electron chi connectivity index (χ0n) is 15.1. The highest BCUT2D eigenvalue weighted by molar-refractivity contribution is 5.23. The van der Waals surface area contributed by atoms with Gasteiger partial charge in [-0.05, 0) is 63.9 Å². The van der Waals surface area contributed by atoms with Gasteiger partial charge >= 0.3 is 0 Å². The Bertz CT molecular complexity index is 532. The minimum absolute atomic E-state index is 0.222. The maximum Gasteiger partial charge on any atom is 0.0818 e. The molecule has 23 heavy (non-hydrogen) atoms. The Morgan fingerprint density at radius 1 is 1.43 bits per heavy atom. The van der Waals surface area contributed by atoms with Crippen molar-refractivity contribution < 1.29 is 10.1 Å². The third kappa shape index (κ3) is 3.21. The summed E-state index contributed by atoms with van der Waals surface area (Å²) in [6.07, 6.45) is 11.3. The van der Waals surface area contributed by atoms with Crippen LogP contribution in [-0.4, -0.2) is 18.2 Å². The number of hydrogen-bond donors (Lipinski definition) is 1. The second kappa shape index (κ2) is 6.57. The number of rotatable bonds is 3. The van der Waals surface area contributed by atoms with Gasteiger partial charge in [0.15, 0.2) is 0 Å². The van der Waals surface area contributed by atoms with E-state index in [1.807, 2.05) is 0 Å². The Balaban J connectivity index is 1.83. The summed E-state index contributed by atoms with van der Waals surface area (Å²) in [5.41, 5.74) is 4.56. The molecule has 3 rings (SSSR count). The second-order valence-electron chi connectivity index (χ2n) is 8.25. The molecule has 5 atom stereocenters. The molecule has 1 heterocycles. The predicted octanol–water partition coefficient (Wildman–Crippen LogP) is 3.77. The third-order valence-corrected chi connectivity index (χ3v) is 6.63. The van der Waals surface area contributed by atoms with E-state index < -0.39 is 0 Å². The fourth-order valence-electron chi connectivity index (χ4n) is 4.98. The van der Waals surface area contributed by atoms with Crippen LogP contribution in [0.1, 0.15) is 52.9 Å². The molecule has 0 radical (unpaired) electrons. The van der Waals surface area contributed by atoms with Crippen LogP contribution in [0.2, 0.25) is 0 Å². The summed E-state index contributed by atoms with van der Waals surface area (Å²) in [4.78, 5) is 0. The number of ether oxygens (including phenoxy) is 1. The molecule has 0 amide bonds. The van der Waals surface area contributed by atoms with Crippen molar-refractivity contribution in [2.24, 2.45) is 17.8 Å². The Morgan fingerprint density at radius 2 is 2.22 bits per heavy atom. The molecule has 1 saturated carbocycles. The lowest BCUT2D eigenvalue weighted by Gasteiger charge is -2.51. The molecule has 0 aromatic rings. The van der Waals surface area contributed by atoms with Gasteiger partial charge in [-0.3, -0.25) is 0 Å². The Hall–Kier alpha value is -0.860. The van der Waals surface area contributed by atoms with Crippen molar-refractivity contribution in [3.8, 4) is 0 Å². The summed E-state index contributed by atoms with van der Waals surface area (Å²) >= 11 is 0. The SMILES string of the molecule is C=C(C)C1CC=C([C@H]2CC[C@](C)([NH2+][CH2-])[C@H]3CCC(C)=C[C@H]23)CO1. The molecule has 128 valence electrons. The van der Waals surface area contributed by atoms with Gasteiger partial charge in [0.05, 0.1) is 18.2 Å². The van der Waals surface area contributed by atoms with Crippen LogP contribution in [0.4, 0.5) is 0 Å². The molecule has 3 aliphatic rings. The molecule has 2 nitrogen and oxygen atoms in total. The molecule has 1 aliphatic heterocycles. The van der Waals surface area contributed by atoms with Crippen molar-refractivity contribution in [2.75, 3.05) is 6.61 Å². The van der Waals surface area contributed by atoms with Gasteiger partial charge in [-0.15, -0.1) is 0 Å². The molecule has 0 aromatic heterocycles. The molecular weight excluding hydrogens is 282 g/mol. The van der Waals surface area contributed by atoms with Crippen molar-refractivity contribution in [3.63, 3.8) is 0 Å². The van der Waals surface area contributed by atoms with E-state index >= 15 is 0 Å². The lowest BCUT2D eigenvalue weighted by atomic mass is 9.58. The van der Waals surface area contributed by atoms with Gasteiger partial charge in [-0.1, -0.05) is 29.9 Å². The number of quaternary nitrogens is 1. The highest BCUT2D eigenvalue weighted by Gasteiger charge is 2.48. The Kier molecular flexibility index (Phi) is 4.85. The summed E-state index contributed by atoms with van der Waals surface area (Å²) in [7, 11) is 4.16. The van der Waals surface area contributed by atoms with Crippen LogP contribution >= 0.6 is 0 Å². The van der Waals surface area contributed by atoms with E-state index in [1.165, 1.54) is 31.3 Å². The van der Waals surface area contributed by atoms with Gasteiger partial charge in [-0.25, -0.2) is 0 Å². The summed E-state index contributed by atoms with van der Waals surface area (Å²) in [5.74, 6) is 2.06. The van der Waals surface area contributed by atoms with Crippen molar-refractivity contribution in [2.45, 2.75) is 64.5 Å². The van der Waals surface area contributed by atoms with E-state index in [0.717, 1.165) is 24.5 Å². The molecular formula is C21H33NO. The van der Waals surface area contributed by atoms with E-state index in [2.05, 4.69) is 51.9 Å². The van der Waals surface area contributed by atoms with E-state index in [0.29, 0.717) is 17.4 Å². The Morgan fingerprint density at radius 3 is 2.83 bits per heavy atom. The first-order valence-corrected chi connectivity index (χ1v) is 9.21. The Labute approximate surface area is 142 Å². The van der Waals surface area contributed by atoms with Crippen LogP contribution < -0.4 is 5.32 Å². The van der Waals surface area contributed by atoms with Crippen molar-refractivity contribution >= 4 is 0 Å². The first-order chi connectivity index (χ1) is 10.9. The standard InChI is InChI=1S/C21H33NO/c1-14(2)20-9-7-16(13-23-20)17-10-11-21(4,22-5)19-8-6-15(3)12-18(17)19/h7,12,17-20H,1,5-6,8-11,13,22H2,2-4H3/t17-,18-,19+,20?,21+/m1/s1.